The monoisotopic (exact) mass is 268 g/mol. The minimum Gasteiger partial charge on any atom is -0.478 e. The van der Waals surface area contributed by atoms with Crippen molar-refractivity contribution in [2.75, 3.05) is 24.7 Å². The van der Waals surface area contributed by atoms with E-state index >= 15 is 0 Å². The number of hydrogen-bond acceptors (Lipinski definition) is 4. The molecule has 19 heavy (non-hydrogen) atoms. The Kier molecular flexibility index (Phi) is 3.61. The van der Waals surface area contributed by atoms with Gasteiger partial charge < -0.3 is 20.9 Å². The number of carboxylic acid groups (broad SMARTS) is 1. The summed E-state index contributed by atoms with van der Waals surface area (Å²) < 4.78 is 19.0. The molecule has 104 valence electrons. The van der Waals surface area contributed by atoms with Crippen molar-refractivity contribution in [3.05, 3.63) is 23.5 Å². The average Bonchev–Trinajstić information content (AvgIpc) is 2.31. The fourth-order valence-corrected chi connectivity index (χ4v) is 2.19. The molecule has 1 aromatic rings. The van der Waals surface area contributed by atoms with Crippen LogP contribution < -0.4 is 11.1 Å². The first-order valence-corrected chi connectivity index (χ1v) is 6.09. The van der Waals surface area contributed by atoms with Gasteiger partial charge in [0.05, 0.1) is 22.5 Å². The Morgan fingerprint density at radius 2 is 2.26 bits per heavy atom. The number of benzene rings is 1. The standard InChI is InChI=1S/C13H17FN2O3/c1-19-13(3-2-4-13)7-16-11-6-9(14)8(12(17)18)5-10(11)15/h5-6,16H,2-4,7,15H2,1H3,(H,17,18). The molecule has 6 heteroatoms. The normalized spacial score (nSPS) is 16.7. The molecule has 0 aliphatic heterocycles. The van der Waals surface area contributed by atoms with Crippen LogP contribution in [-0.2, 0) is 4.74 Å². The summed E-state index contributed by atoms with van der Waals surface area (Å²) in [5.41, 5.74) is 5.69. The molecule has 0 saturated heterocycles. The SMILES string of the molecule is COC1(CNc2cc(F)c(C(=O)O)cc2N)CCC1. The molecule has 1 aliphatic carbocycles. The third-order valence-electron chi connectivity index (χ3n) is 3.67. The number of halogens is 1. The highest BCUT2D eigenvalue weighted by atomic mass is 19.1. The molecule has 0 spiro atoms. The first kappa shape index (κ1) is 13.6. The van der Waals surface area contributed by atoms with Gasteiger partial charge in [0, 0.05) is 13.7 Å². The molecule has 1 aliphatic rings. The van der Waals surface area contributed by atoms with Gasteiger partial charge in [-0.2, -0.15) is 0 Å². The Balaban J connectivity index is 2.13. The zero-order chi connectivity index (χ0) is 14.0. The number of methoxy groups -OCH3 is 1. The van der Waals surface area contributed by atoms with Crippen molar-refractivity contribution < 1.29 is 19.0 Å². The van der Waals surface area contributed by atoms with Gasteiger partial charge in [0.15, 0.2) is 0 Å². The van der Waals surface area contributed by atoms with E-state index in [9.17, 15) is 9.18 Å². The lowest BCUT2D eigenvalue weighted by atomic mass is 9.80. The number of ether oxygens (including phenoxy) is 1. The van der Waals surface area contributed by atoms with Crippen molar-refractivity contribution in [3.63, 3.8) is 0 Å². The first-order valence-electron chi connectivity index (χ1n) is 6.09. The predicted molar refractivity (Wildman–Crippen MR) is 69.9 cm³/mol. The van der Waals surface area contributed by atoms with Crippen molar-refractivity contribution >= 4 is 17.3 Å². The number of nitrogens with two attached hydrogens (primary N) is 1. The van der Waals surface area contributed by atoms with E-state index in [1.54, 1.807) is 7.11 Å². The maximum atomic E-state index is 13.6. The van der Waals surface area contributed by atoms with E-state index < -0.39 is 17.3 Å². The molecule has 4 N–H and O–H groups in total. The lowest BCUT2D eigenvalue weighted by Gasteiger charge is -2.40. The molecule has 1 saturated carbocycles. The summed E-state index contributed by atoms with van der Waals surface area (Å²) in [6.07, 6.45) is 3.01. The van der Waals surface area contributed by atoms with E-state index in [4.69, 9.17) is 15.6 Å². The van der Waals surface area contributed by atoms with E-state index in [0.29, 0.717) is 12.2 Å². The maximum Gasteiger partial charge on any atom is 0.338 e. The number of rotatable bonds is 5. The molecule has 1 aromatic carbocycles. The number of anilines is 2. The van der Waals surface area contributed by atoms with Crippen LogP contribution in [0.4, 0.5) is 15.8 Å². The number of aromatic carboxylic acids is 1. The van der Waals surface area contributed by atoms with E-state index in [-0.39, 0.29) is 11.3 Å². The molecule has 5 nitrogen and oxygen atoms in total. The summed E-state index contributed by atoms with van der Waals surface area (Å²) >= 11 is 0. The van der Waals surface area contributed by atoms with Gasteiger partial charge in [-0.1, -0.05) is 0 Å². The highest BCUT2D eigenvalue weighted by Crippen LogP contribution is 2.35. The minimum atomic E-state index is -1.33. The van der Waals surface area contributed by atoms with Crippen LogP contribution in [0.3, 0.4) is 0 Å². The van der Waals surface area contributed by atoms with Gasteiger partial charge in [0.2, 0.25) is 0 Å². The van der Waals surface area contributed by atoms with Gasteiger partial charge in [-0.05, 0) is 31.4 Å². The van der Waals surface area contributed by atoms with E-state index in [2.05, 4.69) is 5.32 Å². The van der Waals surface area contributed by atoms with Crippen LogP contribution in [0, 0.1) is 5.82 Å². The van der Waals surface area contributed by atoms with Crippen LogP contribution in [0.5, 0.6) is 0 Å². The molecule has 0 aromatic heterocycles. The summed E-state index contributed by atoms with van der Waals surface area (Å²) in [4.78, 5) is 10.8. The first-order chi connectivity index (χ1) is 8.97. The van der Waals surface area contributed by atoms with Gasteiger partial charge >= 0.3 is 5.97 Å². The van der Waals surface area contributed by atoms with Crippen molar-refractivity contribution in [2.24, 2.45) is 0 Å². The van der Waals surface area contributed by atoms with E-state index in [1.165, 1.54) is 0 Å². The molecule has 0 radical (unpaired) electrons. The minimum absolute atomic E-state index is 0.212. The Morgan fingerprint density at radius 1 is 1.58 bits per heavy atom. The zero-order valence-corrected chi connectivity index (χ0v) is 10.7. The molecule has 0 bridgehead atoms. The van der Waals surface area contributed by atoms with Gasteiger partial charge in [-0.25, -0.2) is 9.18 Å². The smallest absolute Gasteiger partial charge is 0.338 e. The number of nitrogens with one attached hydrogen (secondary N) is 1. The van der Waals surface area contributed by atoms with Crippen molar-refractivity contribution in [3.8, 4) is 0 Å². The Bertz CT molecular complexity index is 495. The third-order valence-corrected chi connectivity index (χ3v) is 3.67. The van der Waals surface area contributed by atoms with Crippen LogP contribution in [0.15, 0.2) is 12.1 Å². The highest BCUT2D eigenvalue weighted by Gasteiger charge is 2.36. The van der Waals surface area contributed by atoms with Crippen LogP contribution >= 0.6 is 0 Å². The fraction of sp³-hybridized carbons (Fsp3) is 0.462. The summed E-state index contributed by atoms with van der Waals surface area (Å²) in [5, 5.41) is 11.8. The summed E-state index contributed by atoms with van der Waals surface area (Å²) in [5.74, 6) is -2.13. The van der Waals surface area contributed by atoms with Gasteiger partial charge in [0.1, 0.15) is 5.82 Å². The fourth-order valence-electron chi connectivity index (χ4n) is 2.19. The maximum absolute atomic E-state index is 13.6. The van der Waals surface area contributed by atoms with Crippen molar-refractivity contribution in [1.29, 1.82) is 0 Å². The second kappa shape index (κ2) is 5.05. The van der Waals surface area contributed by atoms with Crippen LogP contribution in [0.25, 0.3) is 0 Å². The van der Waals surface area contributed by atoms with Gasteiger partial charge in [-0.3, -0.25) is 0 Å². The molecule has 2 rings (SSSR count). The quantitative estimate of drug-likeness (QED) is 0.712. The topological polar surface area (TPSA) is 84.6 Å². The Labute approximate surface area is 110 Å². The number of carboxylic acids is 1. The number of hydrogen-bond donors (Lipinski definition) is 3. The van der Waals surface area contributed by atoms with Crippen molar-refractivity contribution in [1.82, 2.24) is 0 Å². The summed E-state index contributed by atoms with van der Waals surface area (Å²) in [6.45, 7) is 0.527. The Hall–Kier alpha value is -1.82. The lowest BCUT2D eigenvalue weighted by molar-refractivity contribution is -0.0601. The summed E-state index contributed by atoms with van der Waals surface area (Å²) in [6, 6.07) is 2.24. The largest absolute Gasteiger partial charge is 0.478 e. The molecule has 1 fully saturated rings. The van der Waals surface area contributed by atoms with Crippen LogP contribution in [0.1, 0.15) is 29.6 Å². The van der Waals surface area contributed by atoms with Crippen LogP contribution in [-0.4, -0.2) is 30.3 Å². The number of nitrogen functional groups attached to an aromatic ring is 1. The third kappa shape index (κ3) is 2.63. The molecular formula is C13H17FN2O3. The molecule has 0 atom stereocenters. The van der Waals surface area contributed by atoms with E-state index in [0.717, 1.165) is 31.4 Å². The molecule has 0 amide bonds. The Morgan fingerprint density at radius 3 is 2.74 bits per heavy atom. The summed E-state index contributed by atoms with van der Waals surface area (Å²) in [7, 11) is 1.65. The second-order valence-corrected chi connectivity index (χ2v) is 4.82. The van der Waals surface area contributed by atoms with Gasteiger partial charge in [0.25, 0.3) is 0 Å². The van der Waals surface area contributed by atoms with Crippen LogP contribution in [0.2, 0.25) is 0 Å². The van der Waals surface area contributed by atoms with Gasteiger partial charge in [-0.15, -0.1) is 0 Å². The average molecular weight is 268 g/mol. The van der Waals surface area contributed by atoms with E-state index in [1.807, 2.05) is 0 Å². The molecule has 0 unspecified atom stereocenters. The predicted octanol–water partition coefficient (Wildman–Crippen LogP) is 2.09. The number of carbonyl (C=O) groups is 1. The molecule has 0 heterocycles. The highest BCUT2D eigenvalue weighted by molar-refractivity contribution is 5.90. The zero-order valence-electron chi connectivity index (χ0n) is 10.7. The van der Waals surface area contributed by atoms with Crippen molar-refractivity contribution in [2.45, 2.75) is 24.9 Å². The lowest BCUT2D eigenvalue weighted by Crippen LogP contribution is -2.45. The second-order valence-electron chi connectivity index (χ2n) is 4.82. The molecular weight excluding hydrogens is 251 g/mol.